The van der Waals surface area contributed by atoms with Crippen molar-refractivity contribution in [3.8, 4) is 0 Å². The van der Waals surface area contributed by atoms with Crippen LogP contribution in [0.15, 0.2) is 0 Å². The average Bonchev–Trinajstić information content (AvgIpc) is 2.88. The molecule has 2 nitrogen and oxygen atoms in total. The van der Waals surface area contributed by atoms with Crippen molar-refractivity contribution in [1.29, 1.82) is 0 Å². The first-order valence-corrected chi connectivity index (χ1v) is 6.84. The second kappa shape index (κ2) is 4.30. The second-order valence-corrected chi connectivity index (χ2v) is 6.76. The summed E-state index contributed by atoms with van der Waals surface area (Å²) in [6.45, 7) is 9.98. The minimum atomic E-state index is 0.0246. The first-order valence-electron chi connectivity index (χ1n) is 6.84. The summed E-state index contributed by atoms with van der Waals surface area (Å²) in [7, 11) is 0. The molecular formula is C14H27NO. The SMILES string of the molecule is CCC1(CNC2CC(OC(C)(C)C)C2)CC1. The van der Waals surface area contributed by atoms with Crippen molar-refractivity contribution < 1.29 is 4.74 Å². The van der Waals surface area contributed by atoms with Crippen molar-refractivity contribution >= 4 is 0 Å². The molecule has 0 bridgehead atoms. The molecule has 0 spiro atoms. The van der Waals surface area contributed by atoms with Gasteiger partial charge in [-0.15, -0.1) is 0 Å². The highest BCUT2D eigenvalue weighted by atomic mass is 16.5. The van der Waals surface area contributed by atoms with Crippen LogP contribution in [-0.2, 0) is 4.74 Å². The molecule has 94 valence electrons. The summed E-state index contributed by atoms with van der Waals surface area (Å²) in [4.78, 5) is 0. The molecule has 0 atom stereocenters. The van der Waals surface area contributed by atoms with Gasteiger partial charge in [0, 0.05) is 12.6 Å². The van der Waals surface area contributed by atoms with Gasteiger partial charge in [-0.25, -0.2) is 0 Å². The van der Waals surface area contributed by atoms with Crippen LogP contribution in [0.4, 0.5) is 0 Å². The highest BCUT2D eigenvalue weighted by molar-refractivity contribution is 4.96. The van der Waals surface area contributed by atoms with Crippen LogP contribution in [0.2, 0.25) is 0 Å². The highest BCUT2D eigenvalue weighted by Gasteiger charge is 2.42. The lowest BCUT2D eigenvalue weighted by Crippen LogP contribution is -2.49. The minimum Gasteiger partial charge on any atom is -0.373 e. The van der Waals surface area contributed by atoms with E-state index in [1.54, 1.807) is 0 Å². The summed E-state index contributed by atoms with van der Waals surface area (Å²) in [6, 6.07) is 0.719. The van der Waals surface area contributed by atoms with Crippen molar-refractivity contribution in [2.45, 2.75) is 77.5 Å². The molecule has 0 aromatic carbocycles. The Labute approximate surface area is 100 Å². The maximum absolute atomic E-state index is 5.94. The fourth-order valence-corrected chi connectivity index (χ4v) is 2.52. The van der Waals surface area contributed by atoms with Gasteiger partial charge in [-0.3, -0.25) is 0 Å². The second-order valence-electron chi connectivity index (χ2n) is 6.76. The van der Waals surface area contributed by atoms with E-state index in [0.29, 0.717) is 11.5 Å². The Morgan fingerprint density at radius 1 is 1.25 bits per heavy atom. The Bertz CT molecular complexity index is 234. The van der Waals surface area contributed by atoms with Crippen molar-refractivity contribution in [1.82, 2.24) is 5.32 Å². The van der Waals surface area contributed by atoms with Gasteiger partial charge in [-0.1, -0.05) is 6.92 Å². The van der Waals surface area contributed by atoms with E-state index in [2.05, 4.69) is 33.0 Å². The molecule has 0 saturated heterocycles. The summed E-state index contributed by atoms with van der Waals surface area (Å²) in [5.74, 6) is 0. The monoisotopic (exact) mass is 225 g/mol. The zero-order chi connectivity index (χ0) is 11.8. The molecule has 0 amide bonds. The van der Waals surface area contributed by atoms with Gasteiger partial charge in [-0.05, 0) is 58.3 Å². The Morgan fingerprint density at radius 3 is 2.31 bits per heavy atom. The standard InChI is InChI=1S/C14H27NO/c1-5-14(6-7-14)10-15-11-8-12(9-11)16-13(2,3)4/h11-12,15H,5-10H2,1-4H3. The van der Waals surface area contributed by atoms with E-state index < -0.39 is 0 Å². The molecular weight excluding hydrogens is 198 g/mol. The van der Waals surface area contributed by atoms with Gasteiger partial charge in [-0.2, -0.15) is 0 Å². The zero-order valence-corrected chi connectivity index (χ0v) is 11.3. The summed E-state index contributed by atoms with van der Waals surface area (Å²) in [5.41, 5.74) is 0.701. The van der Waals surface area contributed by atoms with Crippen molar-refractivity contribution in [2.75, 3.05) is 6.54 Å². The van der Waals surface area contributed by atoms with Gasteiger partial charge in [0.2, 0.25) is 0 Å². The maximum atomic E-state index is 5.94. The Hall–Kier alpha value is -0.0800. The van der Waals surface area contributed by atoms with Gasteiger partial charge in [0.15, 0.2) is 0 Å². The molecule has 16 heavy (non-hydrogen) atoms. The molecule has 0 aromatic heterocycles. The van der Waals surface area contributed by atoms with Gasteiger partial charge in [0.05, 0.1) is 11.7 Å². The zero-order valence-electron chi connectivity index (χ0n) is 11.3. The maximum Gasteiger partial charge on any atom is 0.0612 e. The minimum absolute atomic E-state index is 0.0246. The molecule has 2 aliphatic rings. The molecule has 0 aliphatic heterocycles. The highest BCUT2D eigenvalue weighted by Crippen LogP contribution is 2.48. The topological polar surface area (TPSA) is 21.3 Å². The van der Waals surface area contributed by atoms with Gasteiger partial charge in [0.25, 0.3) is 0 Å². The lowest BCUT2D eigenvalue weighted by Gasteiger charge is -2.40. The van der Waals surface area contributed by atoms with Crippen LogP contribution in [0.25, 0.3) is 0 Å². The molecule has 2 fully saturated rings. The third kappa shape index (κ3) is 3.21. The van der Waals surface area contributed by atoms with Crippen LogP contribution in [-0.4, -0.2) is 24.3 Å². The molecule has 2 aliphatic carbocycles. The third-order valence-corrected chi connectivity index (χ3v) is 4.09. The van der Waals surface area contributed by atoms with E-state index >= 15 is 0 Å². The lowest BCUT2D eigenvalue weighted by atomic mass is 9.88. The van der Waals surface area contributed by atoms with Gasteiger partial charge >= 0.3 is 0 Å². The van der Waals surface area contributed by atoms with Gasteiger partial charge < -0.3 is 10.1 Å². The van der Waals surface area contributed by atoms with Crippen LogP contribution in [0.5, 0.6) is 0 Å². The molecule has 0 unspecified atom stereocenters. The van der Waals surface area contributed by atoms with E-state index in [4.69, 9.17) is 4.74 Å². The third-order valence-electron chi connectivity index (χ3n) is 4.09. The molecule has 2 rings (SSSR count). The number of hydrogen-bond donors (Lipinski definition) is 1. The Kier molecular flexibility index (Phi) is 3.33. The first-order chi connectivity index (χ1) is 7.42. The largest absolute Gasteiger partial charge is 0.373 e. The normalized spacial score (nSPS) is 32.2. The summed E-state index contributed by atoms with van der Waals surface area (Å²) in [6.07, 6.45) is 7.12. The van der Waals surface area contributed by atoms with Crippen LogP contribution < -0.4 is 5.32 Å². The first kappa shape index (κ1) is 12.4. The summed E-state index contributed by atoms with van der Waals surface area (Å²) >= 11 is 0. The predicted octanol–water partition coefficient (Wildman–Crippen LogP) is 3.11. The van der Waals surface area contributed by atoms with Crippen LogP contribution in [0.1, 0.15) is 59.8 Å². The molecule has 0 radical (unpaired) electrons. The molecule has 2 heteroatoms. The smallest absolute Gasteiger partial charge is 0.0612 e. The van der Waals surface area contributed by atoms with Crippen LogP contribution in [0.3, 0.4) is 0 Å². The fourth-order valence-electron chi connectivity index (χ4n) is 2.52. The molecule has 1 N–H and O–H groups in total. The van der Waals surface area contributed by atoms with Crippen molar-refractivity contribution in [3.63, 3.8) is 0 Å². The Morgan fingerprint density at radius 2 is 1.88 bits per heavy atom. The van der Waals surface area contributed by atoms with Crippen molar-refractivity contribution in [3.05, 3.63) is 0 Å². The fraction of sp³-hybridized carbons (Fsp3) is 1.00. The van der Waals surface area contributed by atoms with Crippen LogP contribution in [0, 0.1) is 5.41 Å². The average molecular weight is 225 g/mol. The number of ether oxygens (including phenoxy) is 1. The van der Waals surface area contributed by atoms with E-state index in [1.165, 1.54) is 38.6 Å². The van der Waals surface area contributed by atoms with E-state index in [1.807, 2.05) is 0 Å². The van der Waals surface area contributed by atoms with Gasteiger partial charge in [0.1, 0.15) is 0 Å². The number of nitrogens with one attached hydrogen (secondary N) is 1. The van der Waals surface area contributed by atoms with E-state index in [0.717, 1.165) is 6.04 Å². The van der Waals surface area contributed by atoms with E-state index in [-0.39, 0.29) is 5.60 Å². The molecule has 2 saturated carbocycles. The lowest BCUT2D eigenvalue weighted by molar-refractivity contribution is -0.102. The van der Waals surface area contributed by atoms with Crippen LogP contribution >= 0.6 is 0 Å². The summed E-state index contributed by atoms with van der Waals surface area (Å²) in [5, 5.41) is 3.71. The molecule has 0 aromatic rings. The molecule has 0 heterocycles. The number of rotatable bonds is 5. The Balaban J connectivity index is 1.59. The number of hydrogen-bond acceptors (Lipinski definition) is 2. The summed E-state index contributed by atoms with van der Waals surface area (Å²) < 4.78 is 5.94. The van der Waals surface area contributed by atoms with Crippen molar-refractivity contribution in [2.24, 2.45) is 5.41 Å². The van der Waals surface area contributed by atoms with E-state index in [9.17, 15) is 0 Å². The quantitative estimate of drug-likeness (QED) is 0.776. The predicted molar refractivity (Wildman–Crippen MR) is 67.6 cm³/mol.